The maximum absolute atomic E-state index is 13.3. The number of nitriles is 1. The topological polar surface area (TPSA) is 200 Å². The first kappa shape index (κ1) is 45.3. The van der Waals surface area contributed by atoms with Crippen LogP contribution >= 0.6 is 11.6 Å². The number of rotatable bonds is 15. The van der Waals surface area contributed by atoms with Crippen LogP contribution in [0.5, 0.6) is 11.5 Å². The molecule has 17 nitrogen and oxygen atoms in total. The molecule has 4 heterocycles. The number of carbonyl (C=O) groups excluding carboxylic acids is 3. The largest absolute Gasteiger partial charge is 0.495 e. The minimum Gasteiger partial charge on any atom is -0.495 e. The summed E-state index contributed by atoms with van der Waals surface area (Å²) in [5.74, 6) is 2.50. The molecule has 2 aliphatic heterocycles. The van der Waals surface area contributed by atoms with Gasteiger partial charge in [0.1, 0.15) is 29.3 Å². The van der Waals surface area contributed by atoms with Gasteiger partial charge >= 0.3 is 0 Å². The van der Waals surface area contributed by atoms with E-state index in [0.29, 0.717) is 70.4 Å². The van der Waals surface area contributed by atoms with Gasteiger partial charge in [-0.2, -0.15) is 10.2 Å². The van der Waals surface area contributed by atoms with Gasteiger partial charge in [0, 0.05) is 50.4 Å². The molecule has 65 heavy (non-hydrogen) atoms. The summed E-state index contributed by atoms with van der Waals surface area (Å²) in [5, 5.41) is 27.4. The number of fused-ring (bicyclic) bond motifs is 1. The Labute approximate surface area is 384 Å². The van der Waals surface area contributed by atoms with Crippen LogP contribution in [0.25, 0.3) is 0 Å². The van der Waals surface area contributed by atoms with Crippen molar-refractivity contribution in [2.75, 3.05) is 60.4 Å². The van der Waals surface area contributed by atoms with E-state index >= 15 is 0 Å². The van der Waals surface area contributed by atoms with E-state index in [4.69, 9.17) is 36.1 Å². The fraction of sp³-hybridized carbons (Fsp3) is 0.489. The molecular weight excluding hydrogens is 850 g/mol. The van der Waals surface area contributed by atoms with E-state index < -0.39 is 0 Å². The Kier molecular flexibility index (Phi) is 14.4. The number of likely N-dealkylation sites (N-methyl/N-ethyl adjacent to an activating group) is 1. The maximum Gasteiger partial charge on any atom is 0.272 e. The molecule has 0 unspecified atom stereocenters. The van der Waals surface area contributed by atoms with Gasteiger partial charge in [-0.15, -0.1) is 10.2 Å². The maximum atomic E-state index is 13.3. The molecule has 2 aromatic heterocycles. The van der Waals surface area contributed by atoms with Crippen molar-refractivity contribution in [2.24, 2.45) is 0 Å². The van der Waals surface area contributed by atoms with Gasteiger partial charge in [-0.1, -0.05) is 31.4 Å². The number of nitrogens with zero attached hydrogens (tertiary/aromatic N) is 8. The zero-order chi connectivity index (χ0) is 45.5. The lowest BCUT2D eigenvalue weighted by Gasteiger charge is -2.43. The highest BCUT2D eigenvalue weighted by Gasteiger charge is 2.41. The highest BCUT2D eigenvalue weighted by Crippen LogP contribution is 2.40. The summed E-state index contributed by atoms with van der Waals surface area (Å²) >= 11 is 6.15. The Balaban J connectivity index is 0.752. The molecule has 2 saturated carbocycles. The van der Waals surface area contributed by atoms with Crippen molar-refractivity contribution < 1.29 is 28.6 Å². The summed E-state index contributed by atoms with van der Waals surface area (Å²) < 4.78 is 17.9. The summed E-state index contributed by atoms with van der Waals surface area (Å²) in [6.07, 6.45) is 11.4. The lowest BCUT2D eigenvalue weighted by Crippen LogP contribution is -2.55. The van der Waals surface area contributed by atoms with E-state index in [1.165, 1.54) is 0 Å². The Morgan fingerprint density at radius 3 is 2.42 bits per heavy atom. The highest BCUT2D eigenvalue weighted by atomic mass is 35.5. The Bertz CT molecular complexity index is 2380. The lowest BCUT2D eigenvalue weighted by molar-refractivity contribution is -0.120. The number of amides is 3. The fourth-order valence-corrected chi connectivity index (χ4v) is 9.51. The van der Waals surface area contributed by atoms with Gasteiger partial charge in [-0.3, -0.25) is 14.4 Å². The first-order chi connectivity index (χ1) is 31.6. The molecule has 3 amide bonds. The van der Waals surface area contributed by atoms with E-state index in [0.717, 1.165) is 83.1 Å². The molecule has 4 aromatic rings. The molecule has 2 aromatic carbocycles. The van der Waals surface area contributed by atoms with E-state index in [1.807, 2.05) is 13.0 Å². The van der Waals surface area contributed by atoms with Crippen molar-refractivity contribution in [3.05, 3.63) is 76.6 Å². The van der Waals surface area contributed by atoms with Crippen LogP contribution in [0.2, 0.25) is 5.02 Å². The van der Waals surface area contributed by atoms with Crippen molar-refractivity contribution >= 4 is 58.3 Å². The van der Waals surface area contributed by atoms with Crippen LogP contribution in [-0.4, -0.2) is 109 Å². The van der Waals surface area contributed by atoms with Crippen LogP contribution in [0.1, 0.15) is 104 Å². The van der Waals surface area contributed by atoms with E-state index in [2.05, 4.69) is 47.0 Å². The molecule has 342 valence electrons. The summed E-state index contributed by atoms with van der Waals surface area (Å²) in [4.78, 5) is 54.9. The van der Waals surface area contributed by atoms with Gasteiger partial charge < -0.3 is 44.9 Å². The second-order valence-electron chi connectivity index (χ2n) is 17.0. The van der Waals surface area contributed by atoms with Crippen LogP contribution in [0, 0.1) is 11.3 Å². The molecule has 1 saturated heterocycles. The van der Waals surface area contributed by atoms with Gasteiger partial charge in [-0.05, 0) is 100 Å². The Morgan fingerprint density at radius 2 is 1.72 bits per heavy atom. The normalized spacial score (nSPS) is 20.2. The first-order valence-electron chi connectivity index (χ1n) is 22.7. The number of hydrogen-bond donors (Lipinski definition) is 3. The smallest absolute Gasteiger partial charge is 0.272 e. The molecule has 0 bridgehead atoms. The van der Waals surface area contributed by atoms with Gasteiger partial charge in [0.05, 0.1) is 48.4 Å². The van der Waals surface area contributed by atoms with Gasteiger partial charge in [0.2, 0.25) is 11.9 Å². The van der Waals surface area contributed by atoms with Crippen LogP contribution in [0.4, 0.5) is 29.0 Å². The zero-order valence-electron chi connectivity index (χ0n) is 37.1. The molecule has 4 aliphatic rings. The molecular formula is C47H56ClN11O6. The Morgan fingerprint density at radius 1 is 0.938 bits per heavy atom. The number of carbonyl (C=O) groups is 3. The molecule has 3 N–H and O–H groups in total. The third-order valence-corrected chi connectivity index (χ3v) is 13.2. The number of benzene rings is 2. The van der Waals surface area contributed by atoms with Crippen LogP contribution in [-0.2, 0) is 9.53 Å². The van der Waals surface area contributed by atoms with Crippen molar-refractivity contribution in [3.8, 4) is 17.6 Å². The van der Waals surface area contributed by atoms with Crippen molar-refractivity contribution in [1.29, 1.82) is 5.26 Å². The standard InChI is InChI=1S/C47H56ClN11O6/c1-4-39-46(62)57(2)40-28-51-47(54-43(40)59(39)32-7-5-6-8-32)53-37-16-10-29(25-41(37)63-3)44(60)50-21-24-64-33-19-22-58(23-20-33)42-18-17-38(55-56-42)45(61)52-31-11-14-34(15-12-31)65-35-13-9-30(27-49)36(48)26-35/h9-10,13,16-18,25-26,28,31-34,39H,4-8,11-12,14-15,19-24H2,1-3H3,(H,50,60)(H,52,61)(H,51,53,54)/t31?,34?,39-/m1/s1. The van der Waals surface area contributed by atoms with E-state index in [1.54, 1.807) is 67.7 Å². The monoisotopic (exact) mass is 905 g/mol. The van der Waals surface area contributed by atoms with E-state index in [9.17, 15) is 14.4 Å². The fourth-order valence-electron chi connectivity index (χ4n) is 9.29. The number of nitrogens with one attached hydrogen (secondary N) is 3. The molecule has 1 atom stereocenters. The number of halogens is 1. The third kappa shape index (κ3) is 10.5. The van der Waals surface area contributed by atoms with Gasteiger partial charge in [-0.25, -0.2) is 4.98 Å². The summed E-state index contributed by atoms with van der Waals surface area (Å²) in [6.45, 7) is 4.20. The van der Waals surface area contributed by atoms with Crippen LogP contribution < -0.4 is 40.1 Å². The molecule has 0 radical (unpaired) electrons. The summed E-state index contributed by atoms with van der Waals surface area (Å²) in [6, 6.07) is 15.9. The number of ether oxygens (including phenoxy) is 3. The lowest BCUT2D eigenvalue weighted by atomic mass is 9.93. The molecule has 3 fully saturated rings. The predicted molar refractivity (Wildman–Crippen MR) is 246 cm³/mol. The SMILES string of the molecule is CC[C@@H]1C(=O)N(C)c2cnc(Nc3ccc(C(=O)NCCOC4CCN(c5ccc(C(=O)NC6CCC(Oc7ccc(C#N)c(Cl)c7)CC6)nn5)CC4)cc3OC)nc2N1C1CCCC1. The summed E-state index contributed by atoms with van der Waals surface area (Å²) in [7, 11) is 3.33. The highest BCUT2D eigenvalue weighted by molar-refractivity contribution is 6.31. The average molecular weight is 906 g/mol. The van der Waals surface area contributed by atoms with Gasteiger partial charge in [0.15, 0.2) is 17.3 Å². The van der Waals surface area contributed by atoms with Gasteiger partial charge in [0.25, 0.3) is 11.8 Å². The molecule has 18 heteroatoms. The summed E-state index contributed by atoms with van der Waals surface area (Å²) in [5.41, 5.74) is 2.43. The molecule has 8 rings (SSSR count). The zero-order valence-corrected chi connectivity index (χ0v) is 37.9. The number of anilines is 5. The second kappa shape index (κ2) is 20.7. The number of piperidine rings is 1. The second-order valence-corrected chi connectivity index (χ2v) is 17.4. The number of methoxy groups -OCH3 is 1. The number of hydrogen-bond acceptors (Lipinski definition) is 14. The first-order valence-corrected chi connectivity index (χ1v) is 23.0. The van der Waals surface area contributed by atoms with Crippen LogP contribution in [0.3, 0.4) is 0 Å². The van der Waals surface area contributed by atoms with Crippen molar-refractivity contribution in [1.82, 2.24) is 30.8 Å². The minimum absolute atomic E-state index is 0.0101. The quantitative estimate of drug-likeness (QED) is 0.108. The van der Waals surface area contributed by atoms with E-state index in [-0.39, 0.29) is 53.7 Å². The Hall–Kier alpha value is -6.25. The average Bonchev–Trinajstić information content (AvgIpc) is 3.87. The minimum atomic E-state index is -0.270. The number of aromatic nitrogens is 4. The predicted octanol–water partition coefficient (Wildman–Crippen LogP) is 6.58. The van der Waals surface area contributed by atoms with Crippen molar-refractivity contribution in [2.45, 2.75) is 108 Å². The van der Waals surface area contributed by atoms with Crippen LogP contribution in [0.15, 0.2) is 54.7 Å². The molecule has 0 spiro atoms. The van der Waals surface area contributed by atoms with Crippen molar-refractivity contribution in [3.63, 3.8) is 0 Å². The molecule has 2 aliphatic carbocycles. The third-order valence-electron chi connectivity index (χ3n) is 12.9.